The van der Waals surface area contributed by atoms with E-state index in [9.17, 15) is 8.42 Å². The van der Waals surface area contributed by atoms with Crippen LogP contribution in [-0.4, -0.2) is 48.4 Å². The molecule has 1 saturated heterocycles. The second-order valence-electron chi connectivity index (χ2n) is 4.91. The fourth-order valence-corrected chi connectivity index (χ4v) is 5.26. The van der Waals surface area contributed by atoms with Gasteiger partial charge in [0.15, 0.2) is 9.84 Å². The highest BCUT2D eigenvalue weighted by atomic mass is 32.2. The Kier molecular flexibility index (Phi) is 4.77. The molecule has 6 nitrogen and oxygen atoms in total. The molecule has 0 saturated carbocycles. The van der Waals surface area contributed by atoms with E-state index in [0.29, 0.717) is 23.7 Å². The predicted octanol–water partition coefficient (Wildman–Crippen LogP) is 0.988. The quantitative estimate of drug-likeness (QED) is 0.631. The van der Waals surface area contributed by atoms with Gasteiger partial charge < -0.3 is 10.6 Å². The van der Waals surface area contributed by atoms with E-state index in [1.165, 1.54) is 0 Å². The van der Waals surface area contributed by atoms with E-state index in [2.05, 4.69) is 4.98 Å². The Morgan fingerprint density at radius 1 is 1.57 bits per heavy atom. The van der Waals surface area contributed by atoms with Crippen molar-refractivity contribution in [2.45, 2.75) is 19.2 Å². The first-order valence-electron chi connectivity index (χ1n) is 6.75. The molecule has 3 N–H and O–H groups in total. The van der Waals surface area contributed by atoms with E-state index >= 15 is 0 Å². The van der Waals surface area contributed by atoms with Gasteiger partial charge in [-0.15, -0.1) is 0 Å². The van der Waals surface area contributed by atoms with Crippen LogP contribution in [0.3, 0.4) is 0 Å². The van der Waals surface area contributed by atoms with E-state index in [-0.39, 0.29) is 11.6 Å². The molecule has 1 fully saturated rings. The van der Waals surface area contributed by atoms with Crippen molar-refractivity contribution >= 4 is 33.3 Å². The maximum absolute atomic E-state index is 12.3. The molecule has 0 spiro atoms. The van der Waals surface area contributed by atoms with Crippen LogP contribution in [-0.2, 0) is 9.84 Å². The number of hydrogen-bond donors (Lipinski definition) is 2. The summed E-state index contributed by atoms with van der Waals surface area (Å²) in [5.74, 6) is 1.86. The average Bonchev–Trinajstić information content (AvgIpc) is 2.46. The van der Waals surface area contributed by atoms with Crippen LogP contribution in [0.2, 0.25) is 0 Å². The van der Waals surface area contributed by atoms with Crippen molar-refractivity contribution in [3.05, 3.63) is 23.4 Å². The van der Waals surface area contributed by atoms with Crippen LogP contribution in [0, 0.1) is 12.3 Å². The standard InChI is InChI=1S/C13H20N4O2S2/c1-3-21(18,19)11-8-20-7-6-17(11)13-10(12(14)15)5-4-9(2)16-13/h4-5,11H,3,6-8H2,1-2H3,(H3,14,15). The summed E-state index contributed by atoms with van der Waals surface area (Å²) in [6.07, 6.45) is 0. The zero-order chi connectivity index (χ0) is 15.6. The lowest BCUT2D eigenvalue weighted by Crippen LogP contribution is -2.49. The smallest absolute Gasteiger partial charge is 0.171 e. The number of nitrogens with one attached hydrogen (secondary N) is 1. The van der Waals surface area contributed by atoms with Gasteiger partial charge in [-0.05, 0) is 19.1 Å². The van der Waals surface area contributed by atoms with Crippen molar-refractivity contribution in [2.24, 2.45) is 5.73 Å². The van der Waals surface area contributed by atoms with Crippen LogP contribution in [0.5, 0.6) is 0 Å². The highest BCUT2D eigenvalue weighted by Gasteiger charge is 2.35. The molecule has 1 aliphatic rings. The van der Waals surface area contributed by atoms with E-state index in [0.717, 1.165) is 11.4 Å². The molecule has 1 aromatic heterocycles. The second-order valence-corrected chi connectivity index (χ2v) is 8.51. The van der Waals surface area contributed by atoms with E-state index in [1.807, 2.05) is 6.92 Å². The van der Waals surface area contributed by atoms with Crippen molar-refractivity contribution in [1.29, 1.82) is 5.41 Å². The number of nitrogen functional groups attached to an aromatic ring is 1. The first kappa shape index (κ1) is 16.1. The van der Waals surface area contributed by atoms with Gasteiger partial charge in [-0.3, -0.25) is 5.41 Å². The number of hydrogen-bond acceptors (Lipinski definition) is 6. The highest BCUT2D eigenvalue weighted by molar-refractivity contribution is 8.01. The van der Waals surface area contributed by atoms with Crippen LogP contribution in [0.25, 0.3) is 0 Å². The molecule has 116 valence electrons. The Morgan fingerprint density at radius 3 is 2.90 bits per heavy atom. The van der Waals surface area contributed by atoms with Crippen LogP contribution in [0.1, 0.15) is 18.2 Å². The first-order chi connectivity index (χ1) is 9.86. The topological polar surface area (TPSA) is 100 Å². The molecule has 0 aliphatic carbocycles. The summed E-state index contributed by atoms with van der Waals surface area (Å²) in [5, 5.41) is 7.09. The molecule has 1 aromatic rings. The van der Waals surface area contributed by atoms with E-state index in [1.54, 1.807) is 35.7 Å². The minimum Gasteiger partial charge on any atom is -0.384 e. The normalized spacial score (nSPS) is 19.5. The van der Waals surface area contributed by atoms with Crippen LogP contribution in [0.15, 0.2) is 12.1 Å². The fraction of sp³-hybridized carbons (Fsp3) is 0.538. The zero-order valence-electron chi connectivity index (χ0n) is 12.2. The third-order valence-corrected chi connectivity index (χ3v) is 6.77. The lowest BCUT2D eigenvalue weighted by atomic mass is 10.2. The number of aryl methyl sites for hydroxylation is 1. The Morgan fingerprint density at radius 2 is 2.29 bits per heavy atom. The lowest BCUT2D eigenvalue weighted by molar-refractivity contribution is 0.578. The summed E-state index contributed by atoms with van der Waals surface area (Å²) in [6, 6.07) is 3.51. The SMILES string of the molecule is CCS(=O)(=O)C1CSCCN1c1nc(C)ccc1C(=N)N. The summed E-state index contributed by atoms with van der Waals surface area (Å²) in [7, 11) is -3.22. The van der Waals surface area contributed by atoms with Gasteiger partial charge in [0.25, 0.3) is 0 Å². The lowest BCUT2D eigenvalue weighted by Gasteiger charge is -2.36. The summed E-state index contributed by atoms with van der Waals surface area (Å²) < 4.78 is 24.7. The van der Waals surface area contributed by atoms with Crippen LogP contribution >= 0.6 is 11.8 Å². The molecule has 0 bridgehead atoms. The Labute approximate surface area is 129 Å². The molecule has 8 heteroatoms. The Hall–Kier alpha value is -1.28. The third kappa shape index (κ3) is 3.32. The maximum atomic E-state index is 12.3. The number of sulfone groups is 1. The number of rotatable bonds is 4. The largest absolute Gasteiger partial charge is 0.384 e. The van der Waals surface area contributed by atoms with Gasteiger partial charge in [-0.2, -0.15) is 11.8 Å². The van der Waals surface area contributed by atoms with Crippen molar-refractivity contribution in [3.63, 3.8) is 0 Å². The molecular formula is C13H20N4O2S2. The average molecular weight is 328 g/mol. The van der Waals surface area contributed by atoms with E-state index < -0.39 is 15.2 Å². The van der Waals surface area contributed by atoms with Crippen molar-refractivity contribution < 1.29 is 8.42 Å². The second kappa shape index (κ2) is 6.23. The molecule has 21 heavy (non-hydrogen) atoms. The number of thioether (sulfide) groups is 1. The highest BCUT2D eigenvalue weighted by Crippen LogP contribution is 2.28. The van der Waals surface area contributed by atoms with Crippen LogP contribution in [0.4, 0.5) is 5.82 Å². The maximum Gasteiger partial charge on any atom is 0.171 e. The molecule has 1 atom stereocenters. The molecule has 2 heterocycles. The number of nitrogens with two attached hydrogens (primary N) is 1. The minimum absolute atomic E-state index is 0.0932. The van der Waals surface area contributed by atoms with Crippen LogP contribution < -0.4 is 10.6 Å². The Bertz CT molecular complexity index is 646. The molecule has 0 aromatic carbocycles. The molecule has 2 rings (SSSR count). The number of aromatic nitrogens is 1. The molecule has 0 amide bonds. The number of nitrogens with zero attached hydrogens (tertiary/aromatic N) is 2. The summed E-state index contributed by atoms with van der Waals surface area (Å²) >= 11 is 1.63. The van der Waals surface area contributed by atoms with Gasteiger partial charge in [0.1, 0.15) is 17.0 Å². The van der Waals surface area contributed by atoms with Gasteiger partial charge in [-0.1, -0.05) is 6.92 Å². The van der Waals surface area contributed by atoms with Crippen molar-refractivity contribution in [2.75, 3.05) is 28.7 Å². The summed E-state index contributed by atoms with van der Waals surface area (Å²) in [4.78, 5) is 6.24. The molecule has 0 radical (unpaired) electrons. The van der Waals surface area contributed by atoms with Gasteiger partial charge >= 0.3 is 0 Å². The van der Waals surface area contributed by atoms with E-state index in [4.69, 9.17) is 11.1 Å². The zero-order valence-corrected chi connectivity index (χ0v) is 13.8. The fourth-order valence-electron chi connectivity index (χ4n) is 2.29. The van der Waals surface area contributed by atoms with Gasteiger partial charge in [-0.25, -0.2) is 13.4 Å². The first-order valence-corrected chi connectivity index (χ1v) is 9.62. The van der Waals surface area contributed by atoms with Crippen molar-refractivity contribution in [3.8, 4) is 0 Å². The van der Waals surface area contributed by atoms with Gasteiger partial charge in [0.05, 0.1) is 5.56 Å². The third-order valence-electron chi connectivity index (χ3n) is 3.48. The molecule has 1 unspecified atom stereocenters. The number of amidine groups is 1. The predicted molar refractivity (Wildman–Crippen MR) is 87.9 cm³/mol. The number of anilines is 1. The van der Waals surface area contributed by atoms with Gasteiger partial charge in [0, 0.05) is 29.5 Å². The summed E-state index contributed by atoms with van der Waals surface area (Å²) in [6.45, 7) is 4.09. The van der Waals surface area contributed by atoms with Crippen molar-refractivity contribution in [1.82, 2.24) is 4.98 Å². The molecule has 1 aliphatic heterocycles. The monoisotopic (exact) mass is 328 g/mol. The van der Waals surface area contributed by atoms with Gasteiger partial charge in [0.2, 0.25) is 0 Å². The molecular weight excluding hydrogens is 308 g/mol. The Balaban J connectivity index is 2.52. The summed E-state index contributed by atoms with van der Waals surface area (Å²) in [5.41, 5.74) is 6.89. The number of pyridine rings is 1. The minimum atomic E-state index is -3.22.